The molecular weight excluding hydrogens is 221 g/mol. The molecule has 0 radical (unpaired) electrons. The van der Waals surface area contributed by atoms with E-state index in [1.54, 1.807) is 17.8 Å². The van der Waals surface area contributed by atoms with Crippen molar-refractivity contribution in [3.63, 3.8) is 0 Å². The molecule has 16 heavy (non-hydrogen) atoms. The first-order valence-electron chi connectivity index (χ1n) is 5.42. The number of thioether (sulfide) groups is 1. The monoisotopic (exact) mass is 237 g/mol. The minimum Gasteiger partial charge on any atom is -0.345 e. The lowest BCUT2D eigenvalue weighted by Gasteiger charge is -2.08. The topological polar surface area (TPSA) is 4.93 Å². The molecule has 86 valence electrons. The lowest BCUT2D eigenvalue weighted by molar-refractivity contribution is 0.619. The molecule has 2 aromatic rings. The third kappa shape index (κ3) is 1.84. The van der Waals surface area contributed by atoms with Gasteiger partial charge in [0.25, 0.3) is 0 Å². The number of rotatable bonds is 3. The quantitative estimate of drug-likeness (QED) is 0.773. The van der Waals surface area contributed by atoms with Crippen LogP contribution in [0.1, 0.15) is 25.5 Å². The third-order valence-corrected chi connectivity index (χ3v) is 3.34. The molecule has 0 bridgehead atoms. The third-order valence-electron chi connectivity index (χ3n) is 2.74. The van der Waals surface area contributed by atoms with Crippen molar-refractivity contribution >= 4 is 22.7 Å². The van der Waals surface area contributed by atoms with Crippen molar-refractivity contribution in [2.75, 3.05) is 6.26 Å². The smallest absolute Gasteiger partial charge is 0.132 e. The van der Waals surface area contributed by atoms with Gasteiger partial charge in [0.1, 0.15) is 5.82 Å². The summed E-state index contributed by atoms with van der Waals surface area (Å²) in [6.45, 7) is 4.24. The maximum absolute atomic E-state index is 13.8. The van der Waals surface area contributed by atoms with Gasteiger partial charge in [-0.2, -0.15) is 11.8 Å². The van der Waals surface area contributed by atoms with E-state index in [1.165, 1.54) is 6.07 Å². The van der Waals surface area contributed by atoms with Crippen molar-refractivity contribution in [1.82, 2.24) is 4.57 Å². The molecule has 3 heteroatoms. The lowest BCUT2D eigenvalue weighted by atomic mass is 10.2. The molecule has 0 aliphatic carbocycles. The molecule has 0 aliphatic heterocycles. The minimum atomic E-state index is -0.110. The Kier molecular flexibility index (Phi) is 3.24. The first kappa shape index (κ1) is 11.5. The number of fused-ring (bicyclic) bond motifs is 1. The van der Waals surface area contributed by atoms with Gasteiger partial charge in [0.15, 0.2) is 0 Å². The van der Waals surface area contributed by atoms with E-state index in [2.05, 4.69) is 24.6 Å². The van der Waals surface area contributed by atoms with Crippen molar-refractivity contribution < 1.29 is 4.39 Å². The van der Waals surface area contributed by atoms with Crippen molar-refractivity contribution in [3.05, 3.63) is 35.8 Å². The van der Waals surface area contributed by atoms with Crippen LogP contribution in [0.4, 0.5) is 4.39 Å². The summed E-state index contributed by atoms with van der Waals surface area (Å²) in [4.78, 5) is 0. The molecule has 0 saturated heterocycles. The van der Waals surface area contributed by atoms with Crippen molar-refractivity contribution in [2.45, 2.75) is 25.6 Å². The highest BCUT2D eigenvalue weighted by Crippen LogP contribution is 2.29. The highest BCUT2D eigenvalue weighted by Gasteiger charge is 2.13. The molecule has 0 aliphatic rings. The van der Waals surface area contributed by atoms with E-state index in [-0.39, 0.29) is 5.82 Å². The van der Waals surface area contributed by atoms with Crippen molar-refractivity contribution in [3.8, 4) is 0 Å². The molecule has 0 spiro atoms. The van der Waals surface area contributed by atoms with E-state index in [4.69, 9.17) is 0 Å². The summed E-state index contributed by atoms with van der Waals surface area (Å²) in [5.41, 5.74) is 2.09. The molecule has 0 atom stereocenters. The second-order valence-corrected chi connectivity index (χ2v) is 5.09. The molecular formula is C13H16FNS. The van der Waals surface area contributed by atoms with Crippen LogP contribution in [0.25, 0.3) is 10.9 Å². The number of halogens is 1. The number of hydrogen-bond acceptors (Lipinski definition) is 1. The zero-order valence-corrected chi connectivity index (χ0v) is 10.6. The average Bonchev–Trinajstić information content (AvgIpc) is 2.59. The Bertz CT molecular complexity index is 502. The van der Waals surface area contributed by atoms with Gasteiger partial charge < -0.3 is 4.57 Å². The Morgan fingerprint density at radius 1 is 1.38 bits per heavy atom. The number of hydrogen-bond donors (Lipinski definition) is 0. The maximum atomic E-state index is 13.8. The van der Waals surface area contributed by atoms with E-state index in [0.29, 0.717) is 6.04 Å². The largest absolute Gasteiger partial charge is 0.345 e. The van der Waals surface area contributed by atoms with Gasteiger partial charge in [-0.15, -0.1) is 0 Å². The van der Waals surface area contributed by atoms with Gasteiger partial charge >= 0.3 is 0 Å². The Hall–Kier alpha value is -0.960. The van der Waals surface area contributed by atoms with Crippen LogP contribution in [-0.2, 0) is 5.75 Å². The van der Waals surface area contributed by atoms with E-state index in [1.807, 2.05) is 12.3 Å². The van der Waals surface area contributed by atoms with E-state index in [9.17, 15) is 4.39 Å². The number of aromatic nitrogens is 1. The Labute approximate surface area is 99.6 Å². The summed E-state index contributed by atoms with van der Waals surface area (Å²) >= 11 is 1.72. The first-order chi connectivity index (χ1) is 7.65. The normalized spacial score (nSPS) is 11.6. The summed E-state index contributed by atoms with van der Waals surface area (Å²) in [5, 5.41) is 0.783. The van der Waals surface area contributed by atoms with Crippen LogP contribution in [0.5, 0.6) is 0 Å². The molecule has 0 fully saturated rings. The fourth-order valence-corrected chi connectivity index (χ4v) is 2.57. The minimum absolute atomic E-state index is 0.110. The maximum Gasteiger partial charge on any atom is 0.132 e. The Morgan fingerprint density at radius 3 is 2.75 bits per heavy atom. The van der Waals surface area contributed by atoms with Gasteiger partial charge in [-0.3, -0.25) is 0 Å². The predicted molar refractivity (Wildman–Crippen MR) is 69.5 cm³/mol. The molecule has 0 N–H and O–H groups in total. The van der Waals surface area contributed by atoms with Gasteiger partial charge in [-0.1, -0.05) is 6.07 Å². The lowest BCUT2D eigenvalue weighted by Crippen LogP contribution is -1.97. The molecule has 1 aromatic heterocycles. The van der Waals surface area contributed by atoms with Crippen LogP contribution in [-0.4, -0.2) is 10.8 Å². The van der Waals surface area contributed by atoms with Gasteiger partial charge in [-0.05, 0) is 37.8 Å². The van der Waals surface area contributed by atoms with Crippen LogP contribution < -0.4 is 0 Å². The van der Waals surface area contributed by atoms with E-state index < -0.39 is 0 Å². The molecule has 1 nitrogen and oxygen atoms in total. The highest BCUT2D eigenvalue weighted by molar-refractivity contribution is 7.97. The summed E-state index contributed by atoms with van der Waals surface area (Å²) < 4.78 is 16.0. The molecule has 2 rings (SSSR count). The zero-order valence-electron chi connectivity index (χ0n) is 9.83. The van der Waals surface area contributed by atoms with Gasteiger partial charge in [0, 0.05) is 23.4 Å². The standard InChI is InChI=1S/C13H16FNS/c1-9(2)15-7-10(8-16-3)13-11(14)5-4-6-12(13)15/h4-7,9H,8H2,1-3H3. The fourth-order valence-electron chi connectivity index (χ4n) is 2.04. The molecule has 0 amide bonds. The molecule has 1 aromatic carbocycles. The van der Waals surface area contributed by atoms with Gasteiger partial charge in [0.2, 0.25) is 0 Å². The van der Waals surface area contributed by atoms with Crippen LogP contribution in [0.3, 0.4) is 0 Å². The van der Waals surface area contributed by atoms with Crippen LogP contribution in [0.15, 0.2) is 24.4 Å². The average molecular weight is 237 g/mol. The SMILES string of the molecule is CSCc1cn(C(C)C)c2cccc(F)c12. The second-order valence-electron chi connectivity index (χ2n) is 4.22. The van der Waals surface area contributed by atoms with Gasteiger partial charge in [0.05, 0.1) is 5.52 Å². The highest BCUT2D eigenvalue weighted by atomic mass is 32.2. The fraction of sp³-hybridized carbons (Fsp3) is 0.385. The molecule has 1 heterocycles. The molecule has 0 saturated carbocycles. The zero-order chi connectivity index (χ0) is 11.7. The Balaban J connectivity index is 2.71. The second kappa shape index (κ2) is 4.50. The van der Waals surface area contributed by atoms with Crippen LogP contribution in [0.2, 0.25) is 0 Å². The molecule has 0 unspecified atom stereocenters. The Morgan fingerprint density at radius 2 is 2.12 bits per heavy atom. The van der Waals surface area contributed by atoms with E-state index >= 15 is 0 Å². The van der Waals surface area contributed by atoms with Gasteiger partial charge in [-0.25, -0.2) is 4.39 Å². The summed E-state index contributed by atoms with van der Waals surface area (Å²) in [6, 6.07) is 5.67. The van der Waals surface area contributed by atoms with E-state index in [0.717, 1.165) is 22.2 Å². The summed E-state index contributed by atoms with van der Waals surface area (Å²) in [6.07, 6.45) is 4.12. The number of nitrogens with zero attached hydrogens (tertiary/aromatic N) is 1. The summed E-state index contributed by atoms with van der Waals surface area (Å²) in [7, 11) is 0. The van der Waals surface area contributed by atoms with Crippen LogP contribution >= 0.6 is 11.8 Å². The predicted octanol–water partition coefficient (Wildman–Crippen LogP) is 4.22. The van der Waals surface area contributed by atoms with Crippen LogP contribution in [0, 0.1) is 5.82 Å². The van der Waals surface area contributed by atoms with Crippen molar-refractivity contribution in [1.29, 1.82) is 0 Å². The number of benzene rings is 1. The van der Waals surface area contributed by atoms with Crippen molar-refractivity contribution in [2.24, 2.45) is 0 Å². The summed E-state index contributed by atoms with van der Waals surface area (Å²) in [5.74, 6) is 0.748. The first-order valence-corrected chi connectivity index (χ1v) is 6.81.